The molecule has 0 radical (unpaired) electrons. The predicted molar refractivity (Wildman–Crippen MR) is 371 cm³/mol. The molecule has 0 aromatic carbocycles. The molecule has 0 spiro atoms. The van der Waals surface area contributed by atoms with Crippen molar-refractivity contribution in [2.75, 3.05) is 26.4 Å². The second-order valence-electron chi connectivity index (χ2n) is 24.3. The normalized spacial score (nSPS) is 12.4. The van der Waals surface area contributed by atoms with Crippen molar-refractivity contribution in [1.82, 2.24) is 104 Å². The van der Waals surface area contributed by atoms with E-state index in [9.17, 15) is 81.0 Å². The van der Waals surface area contributed by atoms with Crippen molar-refractivity contribution in [2.24, 2.45) is 0 Å². The number of rotatable bonds is 25. The Bertz CT molecular complexity index is 5730. The Morgan fingerprint density at radius 3 is 1.12 bits per heavy atom. The Labute approximate surface area is 644 Å². The molecule has 608 valence electrons. The van der Waals surface area contributed by atoms with Crippen LogP contribution in [-0.4, -0.2) is 168 Å². The van der Waals surface area contributed by atoms with E-state index in [1.807, 2.05) is 12.1 Å². The van der Waals surface area contributed by atoms with Crippen LogP contribution >= 0.6 is 0 Å². The summed E-state index contributed by atoms with van der Waals surface area (Å²) < 4.78 is 202. The fourth-order valence-corrected chi connectivity index (χ4v) is 9.45. The summed E-state index contributed by atoms with van der Waals surface area (Å²) in [6.07, 6.45) is -4.27. The van der Waals surface area contributed by atoms with E-state index >= 15 is 0 Å². The number of Topliss-reactive ketones (excluding diaryl/α,β-unsaturated/α-hetero) is 1. The smallest absolute Gasteiger partial charge is 0.422 e. The van der Waals surface area contributed by atoms with Crippen molar-refractivity contribution >= 4 is 5.78 Å². The lowest BCUT2D eigenvalue weighted by atomic mass is 10.2. The van der Waals surface area contributed by atoms with Gasteiger partial charge in [-0.15, -0.1) is 0 Å². The number of halogens is 13. The van der Waals surface area contributed by atoms with E-state index in [4.69, 9.17) is 18.3 Å². The lowest BCUT2D eigenvalue weighted by Gasteiger charge is -2.09. The molecule has 1 atom stereocenters. The zero-order chi connectivity index (χ0) is 83.6. The summed E-state index contributed by atoms with van der Waals surface area (Å²) in [5.41, 5.74) is 4.11. The molecule has 13 heterocycles. The minimum atomic E-state index is -4.50. The Morgan fingerprint density at radius 2 is 0.786 bits per heavy atom. The highest BCUT2D eigenvalue weighted by atomic mass is 19.4. The van der Waals surface area contributed by atoms with E-state index < -0.39 is 87.1 Å². The maximum atomic E-state index is 12.8. The Kier molecular flexibility index (Phi) is 26.4. The summed E-state index contributed by atoms with van der Waals surface area (Å²) in [6, 6.07) is 22.6. The molecule has 0 amide bonds. The summed E-state index contributed by atoms with van der Waals surface area (Å²) in [6.45, 7) is -3.29. The van der Waals surface area contributed by atoms with Crippen molar-refractivity contribution in [3.8, 4) is 86.3 Å². The number of aromatic nitrogens is 21. The van der Waals surface area contributed by atoms with Crippen LogP contribution in [-0.2, 0) is 26.2 Å². The topological polar surface area (TPSA) is 410 Å². The number of hydrogen-bond donors (Lipinski definition) is 0. The van der Waals surface area contributed by atoms with Crippen LogP contribution in [0.4, 0.5) is 57.1 Å². The van der Waals surface area contributed by atoms with Gasteiger partial charge in [-0.2, -0.15) is 73.1 Å². The third-order valence-electron chi connectivity index (χ3n) is 14.9. The number of nitrogens with zero attached hydrogens (tertiary/aromatic N) is 21. The molecule has 47 heteroatoms. The summed E-state index contributed by atoms with van der Waals surface area (Å²) in [5, 5.41) is 28.3. The average molecular weight is 1640 g/mol. The first-order chi connectivity index (χ1) is 55.6. The lowest BCUT2D eigenvalue weighted by Crippen LogP contribution is -2.23. The molecule has 0 saturated heterocycles. The van der Waals surface area contributed by atoms with Crippen molar-refractivity contribution in [2.45, 2.75) is 89.8 Å². The summed E-state index contributed by atoms with van der Waals surface area (Å²) in [5.74, 6) is 1.41. The number of carbonyl (C=O) groups is 1. The third kappa shape index (κ3) is 25.8. The number of ketones is 1. The monoisotopic (exact) mass is 1640 g/mol. The van der Waals surface area contributed by atoms with Crippen molar-refractivity contribution in [3.63, 3.8) is 0 Å². The molecule has 1 fully saturated rings. The quantitative estimate of drug-likeness (QED) is 0.0379. The number of alkyl halides is 13. The maximum absolute atomic E-state index is 12.8. The van der Waals surface area contributed by atoms with Crippen LogP contribution in [0.15, 0.2) is 192 Å². The minimum Gasteiger partial charge on any atom is -0.454 e. The van der Waals surface area contributed by atoms with Crippen LogP contribution in [0.25, 0.3) is 56.4 Å². The molecule has 0 aliphatic heterocycles. The molecule has 1 unspecified atom stereocenters. The predicted octanol–water partition coefficient (Wildman–Crippen LogP) is 9.95. The number of carbonyl (C=O) groups excluding carboxylic acids is 1. The molecule has 0 bridgehead atoms. The molecule has 14 rings (SSSR count). The molecule has 13 aromatic rings. The largest absolute Gasteiger partial charge is 0.454 e. The minimum absolute atomic E-state index is 0.0140. The van der Waals surface area contributed by atoms with Gasteiger partial charge in [0.25, 0.3) is 22.2 Å². The fraction of sp³-hybridized carbons (Fsp3) is 0.257. The molecular formula is C70H54F13N21O13. The zero-order valence-electron chi connectivity index (χ0n) is 59.8. The molecule has 1 aliphatic carbocycles. The third-order valence-corrected chi connectivity index (χ3v) is 14.9. The van der Waals surface area contributed by atoms with Gasteiger partial charge in [0.15, 0.2) is 49.5 Å². The van der Waals surface area contributed by atoms with Crippen LogP contribution in [0.3, 0.4) is 0 Å². The highest BCUT2D eigenvalue weighted by Gasteiger charge is 2.33. The maximum Gasteiger partial charge on any atom is 0.422 e. The van der Waals surface area contributed by atoms with Gasteiger partial charge < -0.3 is 37.3 Å². The van der Waals surface area contributed by atoms with E-state index in [0.717, 1.165) is 27.9 Å². The van der Waals surface area contributed by atoms with Crippen molar-refractivity contribution in [1.29, 1.82) is 0 Å². The van der Waals surface area contributed by atoms with E-state index in [0.29, 0.717) is 79.4 Å². The van der Waals surface area contributed by atoms with Gasteiger partial charge in [-0.1, -0.05) is 27.6 Å². The van der Waals surface area contributed by atoms with Gasteiger partial charge in [-0.25, -0.2) is 68.0 Å². The first-order valence-electron chi connectivity index (χ1n) is 33.6. The van der Waals surface area contributed by atoms with Crippen molar-refractivity contribution in [3.05, 3.63) is 235 Å². The van der Waals surface area contributed by atoms with Gasteiger partial charge in [0.2, 0.25) is 12.2 Å². The second-order valence-corrected chi connectivity index (χ2v) is 24.3. The van der Waals surface area contributed by atoms with Gasteiger partial charge in [-0.05, 0) is 54.8 Å². The van der Waals surface area contributed by atoms with Crippen LogP contribution in [0, 0.1) is 0 Å². The highest BCUT2D eigenvalue weighted by molar-refractivity contribution is 5.92. The summed E-state index contributed by atoms with van der Waals surface area (Å²) >= 11 is 0. The van der Waals surface area contributed by atoms with Gasteiger partial charge in [0.1, 0.15) is 31.0 Å². The van der Waals surface area contributed by atoms with Gasteiger partial charge in [0, 0.05) is 153 Å². The number of pyridine rings is 2. The lowest BCUT2D eigenvalue weighted by molar-refractivity contribution is -0.155. The van der Waals surface area contributed by atoms with Gasteiger partial charge >= 0.3 is 48.7 Å². The average Bonchev–Trinajstić information content (AvgIpc) is 1.79. The van der Waals surface area contributed by atoms with E-state index in [2.05, 4.69) is 105 Å². The van der Waals surface area contributed by atoms with E-state index in [1.165, 1.54) is 140 Å². The standard InChI is InChI=1S/C19H13F3N6O3.C18H15F4N5O3.C17H14F3N5O3.C16H12F3N5O4/c20-19(21,22)11-30-18-24-8-12(9-25-18)14-4-5-17(29)28(26-14)10-13-7-16(27-31-13)15-3-1-2-6-23-15;1-11(19)30-15-4-2-12(6-23-15)9-27-16(28)5-3-14(26-27)13-7-24-17(25-8-13)29-10-18(20,21)22;18-17(19,20)9-27-16-21-6-11(7-22-16)13-3-4-15(26)25(23-13)8-12-5-14(24-28-12)10-1-2-10;1-9(25)13-4-11(28-23-13)7-24-14(26)3-2-12(22-24)10-5-20-15(21-6-10)27-8-16(17,18)19/h1-9H,10-11H2;2-8,11H,9-10H2,1H3;3-7,10H,1-2,8-9H2;2-6H,7-8H2,1H3. The highest BCUT2D eigenvalue weighted by Crippen LogP contribution is 2.39. The molecule has 0 N–H and O–H groups in total. The molecule has 1 saturated carbocycles. The molecule has 34 nitrogen and oxygen atoms in total. The van der Waals surface area contributed by atoms with Crippen LogP contribution in [0.5, 0.6) is 29.9 Å². The Hall–Kier alpha value is -14.5. The molecule has 117 heavy (non-hydrogen) atoms. The van der Waals surface area contributed by atoms with Gasteiger partial charge in [0.05, 0.1) is 40.7 Å². The summed E-state index contributed by atoms with van der Waals surface area (Å²) in [7, 11) is 0. The first kappa shape index (κ1) is 83.5. The van der Waals surface area contributed by atoms with Crippen molar-refractivity contribution < 1.29 is 99.1 Å². The number of hydrogen-bond acceptors (Lipinski definition) is 30. The van der Waals surface area contributed by atoms with Crippen LogP contribution in [0.2, 0.25) is 0 Å². The Balaban J connectivity index is 0.000000153. The van der Waals surface area contributed by atoms with Crippen LogP contribution < -0.4 is 45.9 Å². The fourth-order valence-electron chi connectivity index (χ4n) is 9.45. The molecular weight excluding hydrogens is 1590 g/mol. The summed E-state index contributed by atoms with van der Waals surface area (Å²) in [4.78, 5) is 97.5. The zero-order valence-corrected chi connectivity index (χ0v) is 59.8. The van der Waals surface area contributed by atoms with E-state index in [-0.39, 0.29) is 66.0 Å². The Morgan fingerprint density at radius 1 is 0.419 bits per heavy atom. The molecule has 1 aliphatic rings. The number of ether oxygens (including phenoxy) is 5. The van der Waals surface area contributed by atoms with E-state index in [1.54, 1.807) is 30.5 Å². The van der Waals surface area contributed by atoms with Crippen LogP contribution in [0.1, 0.15) is 71.6 Å². The van der Waals surface area contributed by atoms with Gasteiger partial charge in [-0.3, -0.25) is 29.0 Å². The molecule has 13 aromatic heterocycles. The first-order valence-corrected chi connectivity index (χ1v) is 33.6. The second kappa shape index (κ2) is 37.0. The SMILES string of the molecule is CC(=O)c1cc(Cn2nc(-c3cnc(OCC(F)(F)F)nc3)ccc2=O)on1.CC(F)Oc1ccc(Cn2nc(-c3cnc(OCC(F)(F)F)nc3)ccc2=O)cn1.O=c1ccc(-c2cnc(OCC(F)(F)F)nc2)nn1Cc1cc(-c2ccccn2)no1.O=c1ccc(-c2cnc(OCC(F)(F)F)nc2)nn1Cc1cc(C2CC2)no1.